The summed E-state index contributed by atoms with van der Waals surface area (Å²) < 4.78 is 1.86. The van der Waals surface area contributed by atoms with Crippen LogP contribution >= 0.6 is 55.2 Å². The number of aromatic nitrogens is 2. The van der Waals surface area contributed by atoms with E-state index in [1.807, 2.05) is 24.3 Å². The van der Waals surface area contributed by atoms with E-state index in [-0.39, 0.29) is 5.28 Å². The fourth-order valence-corrected chi connectivity index (χ4v) is 2.98. The molecular formula is C10H5Br2ClN2S. The van der Waals surface area contributed by atoms with Crippen molar-refractivity contribution in [3.63, 3.8) is 0 Å². The molecule has 16 heavy (non-hydrogen) atoms. The molecule has 1 heterocycles. The highest BCUT2D eigenvalue weighted by atomic mass is 79.9. The quantitative estimate of drug-likeness (QED) is 0.553. The summed E-state index contributed by atoms with van der Waals surface area (Å²) in [6, 6.07) is 7.94. The van der Waals surface area contributed by atoms with Crippen molar-refractivity contribution >= 4 is 55.2 Å². The van der Waals surface area contributed by atoms with Crippen LogP contribution in [-0.2, 0) is 0 Å². The van der Waals surface area contributed by atoms with Gasteiger partial charge < -0.3 is 0 Å². The fraction of sp³-hybridized carbons (Fsp3) is 0. The van der Waals surface area contributed by atoms with Gasteiger partial charge in [0.15, 0.2) is 0 Å². The molecule has 0 unspecified atom stereocenters. The van der Waals surface area contributed by atoms with E-state index in [0.29, 0.717) is 0 Å². The Balaban J connectivity index is 2.34. The molecule has 0 spiro atoms. The van der Waals surface area contributed by atoms with Crippen molar-refractivity contribution in [2.45, 2.75) is 9.92 Å². The largest absolute Gasteiger partial charge is 0.225 e. The minimum atomic E-state index is 0.248. The van der Waals surface area contributed by atoms with Crippen molar-refractivity contribution in [3.05, 3.63) is 44.7 Å². The maximum Gasteiger partial charge on any atom is 0.223 e. The van der Waals surface area contributed by atoms with E-state index in [2.05, 4.69) is 41.8 Å². The summed E-state index contributed by atoms with van der Waals surface area (Å²) in [6.45, 7) is 0. The van der Waals surface area contributed by atoms with Gasteiger partial charge in [-0.25, -0.2) is 9.97 Å². The minimum absolute atomic E-state index is 0.248. The zero-order valence-corrected chi connectivity index (χ0v) is 12.6. The van der Waals surface area contributed by atoms with Gasteiger partial charge in [0.2, 0.25) is 5.28 Å². The molecule has 0 atom stereocenters. The maximum absolute atomic E-state index is 5.75. The lowest BCUT2D eigenvalue weighted by atomic mass is 10.4. The van der Waals surface area contributed by atoms with Crippen LogP contribution in [0.2, 0.25) is 5.28 Å². The van der Waals surface area contributed by atoms with E-state index < -0.39 is 0 Å². The summed E-state index contributed by atoms with van der Waals surface area (Å²) in [5, 5.41) is 1.05. The van der Waals surface area contributed by atoms with Crippen LogP contribution in [0.1, 0.15) is 0 Å². The number of hydrogen-bond donors (Lipinski definition) is 0. The zero-order chi connectivity index (χ0) is 11.5. The Bertz CT molecular complexity index is 522. The highest BCUT2D eigenvalue weighted by Gasteiger charge is 2.08. The van der Waals surface area contributed by atoms with Crippen molar-refractivity contribution in [1.29, 1.82) is 0 Å². The first-order valence-corrected chi connectivity index (χ1v) is 7.05. The second kappa shape index (κ2) is 5.49. The van der Waals surface area contributed by atoms with Crippen LogP contribution in [0.5, 0.6) is 0 Å². The Morgan fingerprint density at radius 2 is 1.88 bits per heavy atom. The van der Waals surface area contributed by atoms with Gasteiger partial charge in [0, 0.05) is 15.6 Å². The number of halogens is 3. The molecule has 1 aromatic heterocycles. The van der Waals surface area contributed by atoms with E-state index in [4.69, 9.17) is 11.6 Å². The van der Waals surface area contributed by atoms with Crippen LogP contribution in [0.25, 0.3) is 0 Å². The van der Waals surface area contributed by atoms with Gasteiger partial charge in [0.1, 0.15) is 5.03 Å². The molecule has 82 valence electrons. The molecule has 0 fully saturated rings. The SMILES string of the molecule is Clc1ncc(Br)c(Sc2ccccc2Br)n1. The van der Waals surface area contributed by atoms with Crippen LogP contribution in [-0.4, -0.2) is 9.97 Å². The molecular weight excluding hydrogens is 375 g/mol. The van der Waals surface area contributed by atoms with Crippen molar-refractivity contribution < 1.29 is 0 Å². The van der Waals surface area contributed by atoms with Crippen molar-refractivity contribution in [1.82, 2.24) is 9.97 Å². The summed E-state index contributed by atoms with van der Waals surface area (Å²) in [4.78, 5) is 9.13. The molecule has 0 aliphatic carbocycles. The predicted molar refractivity (Wildman–Crippen MR) is 73.0 cm³/mol. The molecule has 0 aliphatic heterocycles. The van der Waals surface area contributed by atoms with Gasteiger partial charge >= 0.3 is 0 Å². The van der Waals surface area contributed by atoms with Crippen LogP contribution in [0.15, 0.2) is 49.3 Å². The third-order valence-corrected chi connectivity index (χ3v) is 4.79. The highest BCUT2D eigenvalue weighted by molar-refractivity contribution is 9.11. The number of rotatable bonds is 2. The summed E-state index contributed by atoms with van der Waals surface area (Å²) in [7, 11) is 0. The van der Waals surface area contributed by atoms with E-state index in [1.165, 1.54) is 11.8 Å². The molecule has 0 saturated heterocycles. The fourth-order valence-electron chi connectivity index (χ4n) is 1.03. The van der Waals surface area contributed by atoms with Gasteiger partial charge in [0.25, 0.3) is 0 Å². The summed E-state index contributed by atoms with van der Waals surface area (Å²) >= 11 is 14.2. The molecule has 2 aromatic rings. The Kier molecular flexibility index (Phi) is 4.24. The van der Waals surface area contributed by atoms with Gasteiger partial charge in [0.05, 0.1) is 4.47 Å². The molecule has 0 N–H and O–H groups in total. The predicted octanol–water partition coefficient (Wildman–Crippen LogP) is 4.81. The first-order valence-electron chi connectivity index (χ1n) is 4.27. The third-order valence-electron chi connectivity index (χ3n) is 1.73. The second-order valence-corrected chi connectivity index (χ2v) is 5.90. The minimum Gasteiger partial charge on any atom is -0.225 e. The molecule has 0 saturated carbocycles. The van der Waals surface area contributed by atoms with Gasteiger partial charge in [-0.05, 0) is 55.6 Å². The van der Waals surface area contributed by atoms with Gasteiger partial charge in [-0.1, -0.05) is 23.9 Å². The van der Waals surface area contributed by atoms with Crippen molar-refractivity contribution in [3.8, 4) is 0 Å². The number of benzene rings is 1. The van der Waals surface area contributed by atoms with E-state index in [0.717, 1.165) is 18.9 Å². The molecule has 1 aromatic carbocycles. The standard InChI is InChI=1S/C10H5Br2ClN2S/c11-6-3-1-2-4-8(6)16-9-7(12)5-14-10(13)15-9/h1-5H. The monoisotopic (exact) mass is 378 g/mol. The molecule has 2 nitrogen and oxygen atoms in total. The third kappa shape index (κ3) is 2.97. The highest BCUT2D eigenvalue weighted by Crippen LogP contribution is 2.35. The average Bonchev–Trinajstić information content (AvgIpc) is 2.27. The van der Waals surface area contributed by atoms with Crippen LogP contribution in [0.3, 0.4) is 0 Å². The zero-order valence-electron chi connectivity index (χ0n) is 7.82. The maximum atomic E-state index is 5.75. The molecule has 0 amide bonds. The molecule has 6 heteroatoms. The Hall–Kier alpha value is -0.100. The molecule has 0 bridgehead atoms. The summed E-state index contributed by atoms with van der Waals surface area (Å²) in [5.74, 6) is 0. The summed E-state index contributed by atoms with van der Waals surface area (Å²) in [6.07, 6.45) is 1.65. The van der Waals surface area contributed by atoms with Gasteiger partial charge in [-0.2, -0.15) is 0 Å². The van der Waals surface area contributed by atoms with Crippen LogP contribution in [0.4, 0.5) is 0 Å². The lowest BCUT2D eigenvalue weighted by molar-refractivity contribution is 1.03. The van der Waals surface area contributed by atoms with Crippen molar-refractivity contribution in [2.75, 3.05) is 0 Å². The Labute approximate surface area is 119 Å². The van der Waals surface area contributed by atoms with E-state index in [1.54, 1.807) is 6.20 Å². The first-order chi connectivity index (χ1) is 7.66. The Morgan fingerprint density at radius 1 is 1.12 bits per heavy atom. The normalized spacial score (nSPS) is 10.4. The van der Waals surface area contributed by atoms with Crippen LogP contribution < -0.4 is 0 Å². The molecule has 0 radical (unpaired) electrons. The lowest BCUT2D eigenvalue weighted by Crippen LogP contribution is -1.87. The smallest absolute Gasteiger partial charge is 0.223 e. The van der Waals surface area contributed by atoms with E-state index in [9.17, 15) is 0 Å². The average molecular weight is 380 g/mol. The first kappa shape index (κ1) is 12.4. The summed E-state index contributed by atoms with van der Waals surface area (Å²) in [5.41, 5.74) is 0. The Morgan fingerprint density at radius 3 is 2.62 bits per heavy atom. The topological polar surface area (TPSA) is 25.8 Å². The molecule has 0 aliphatic rings. The number of nitrogens with zero attached hydrogens (tertiary/aromatic N) is 2. The van der Waals surface area contributed by atoms with Gasteiger partial charge in [-0.15, -0.1) is 0 Å². The van der Waals surface area contributed by atoms with E-state index >= 15 is 0 Å². The second-order valence-electron chi connectivity index (χ2n) is 2.82. The van der Waals surface area contributed by atoms with Crippen LogP contribution in [0, 0.1) is 0 Å². The molecule has 2 rings (SSSR count). The number of hydrogen-bond acceptors (Lipinski definition) is 3. The van der Waals surface area contributed by atoms with Crippen molar-refractivity contribution in [2.24, 2.45) is 0 Å². The van der Waals surface area contributed by atoms with Gasteiger partial charge in [-0.3, -0.25) is 0 Å². The lowest BCUT2D eigenvalue weighted by Gasteiger charge is -2.04.